The van der Waals surface area contributed by atoms with Crippen LogP contribution in [0.3, 0.4) is 0 Å². The monoisotopic (exact) mass is 777 g/mol. The second-order valence-electron chi connectivity index (χ2n) is 17.7. The summed E-state index contributed by atoms with van der Waals surface area (Å²) in [5, 5.41) is 0. The molecule has 54 heavy (non-hydrogen) atoms. The van der Waals surface area contributed by atoms with Crippen molar-refractivity contribution in [3.8, 4) is 0 Å². The zero-order valence-corrected chi connectivity index (χ0v) is 36.3. The molecule has 0 aromatic carbocycles. The van der Waals surface area contributed by atoms with Crippen molar-refractivity contribution < 1.29 is 42.3 Å². The van der Waals surface area contributed by atoms with E-state index in [1.165, 1.54) is 6.42 Å². The van der Waals surface area contributed by atoms with Gasteiger partial charge in [-0.1, -0.05) is 92.2 Å². The van der Waals surface area contributed by atoms with Gasteiger partial charge in [0.2, 0.25) is 8.32 Å². The molecule has 0 aromatic heterocycles. The van der Waals surface area contributed by atoms with Gasteiger partial charge in [-0.05, 0) is 48.7 Å². The molecule has 4 aliphatic heterocycles. The highest BCUT2D eigenvalue weighted by Crippen LogP contribution is 2.48. The smallest absolute Gasteiger partial charge is 0.200 e. The first-order valence-electron chi connectivity index (χ1n) is 21.5. The van der Waals surface area contributed by atoms with E-state index in [-0.39, 0.29) is 73.6 Å². The number of allylic oxidation sites excluding steroid dienone is 2. The number of unbranched alkanes of at least 4 members (excludes halogenated alkanes) is 1. The lowest BCUT2D eigenvalue weighted by molar-refractivity contribution is -0.216. The highest BCUT2D eigenvalue weighted by Gasteiger charge is 2.55. The molecule has 10 heteroatoms. The van der Waals surface area contributed by atoms with Crippen LogP contribution in [0.25, 0.3) is 0 Å². The summed E-state index contributed by atoms with van der Waals surface area (Å²) in [4.78, 5) is 0. The number of hydrogen-bond donors (Lipinski definition) is 0. The Labute approximate surface area is 329 Å². The lowest BCUT2D eigenvalue weighted by Gasteiger charge is -2.50. The fourth-order valence-corrected chi connectivity index (χ4v) is 15.8. The second kappa shape index (κ2) is 20.7. The van der Waals surface area contributed by atoms with Gasteiger partial charge in [0.15, 0.2) is 5.79 Å². The first-order chi connectivity index (χ1) is 25.9. The standard InChI is InChI=1S/C44H76O9Si/c1-11-12-13-15-19-37-43(52-44(51-37)22-16-14-17-23-44)41-27-39(53-54(30(2)3,31(4)5)32(6)7)34(9)36(49-41)21-18-20-35-33(8)38-26-40(48-35)42(50-38)28-47-29-46-25-24-45-10/h11,15,18-20,30-43H,1,12-14,16-17,21-29H2,2-10H3/b19-15+,20-18+/t33-,34-,35-,36+,37-,38?,39-,40?,41-,42-,43+/m0/s1. The average Bonchev–Trinajstić information content (AvgIpc) is 3.67. The molecule has 0 N–H and O–H groups in total. The van der Waals surface area contributed by atoms with E-state index in [0.717, 1.165) is 57.8 Å². The van der Waals surface area contributed by atoms with Crippen LogP contribution >= 0.6 is 0 Å². The van der Waals surface area contributed by atoms with Crippen LogP contribution in [0.1, 0.15) is 120 Å². The lowest BCUT2D eigenvalue weighted by atomic mass is 9.85. The van der Waals surface area contributed by atoms with Crippen molar-refractivity contribution in [1.29, 1.82) is 0 Å². The van der Waals surface area contributed by atoms with Gasteiger partial charge in [-0.2, -0.15) is 0 Å². The summed E-state index contributed by atoms with van der Waals surface area (Å²) in [5.74, 6) is -0.0529. The number of methoxy groups -OCH3 is 1. The third-order valence-corrected chi connectivity index (χ3v) is 19.3. The fourth-order valence-electron chi connectivity index (χ4n) is 10.2. The van der Waals surface area contributed by atoms with Crippen molar-refractivity contribution in [2.75, 3.05) is 33.7 Å². The quantitative estimate of drug-likeness (QED) is 0.0520. The molecule has 5 fully saturated rings. The van der Waals surface area contributed by atoms with Crippen molar-refractivity contribution in [2.45, 2.75) is 197 Å². The van der Waals surface area contributed by atoms with E-state index in [9.17, 15) is 0 Å². The SMILES string of the molecule is C=CCC/C=C/[C@@H]1OC2(CCCCC2)O[C@H]1[C@@H]1C[C@H](O[Si](C(C)C)(C(C)C)C(C)C)[C@@H](C)[C@@H](C/C=C/[C@@H]2OC3CC(O[C@H]3COCOCCOC)[C@H]2C)O1. The minimum absolute atomic E-state index is 0.0103. The van der Waals surface area contributed by atoms with Gasteiger partial charge in [0, 0.05) is 44.6 Å². The molecule has 4 saturated heterocycles. The van der Waals surface area contributed by atoms with Crippen LogP contribution in [-0.4, -0.2) is 103 Å². The molecule has 2 bridgehead atoms. The molecule has 0 radical (unpaired) electrons. The van der Waals surface area contributed by atoms with E-state index in [4.69, 9.17) is 42.3 Å². The summed E-state index contributed by atoms with van der Waals surface area (Å²) >= 11 is 0. The zero-order valence-electron chi connectivity index (χ0n) is 35.3. The average molecular weight is 777 g/mol. The van der Waals surface area contributed by atoms with E-state index < -0.39 is 14.1 Å². The Hall–Kier alpha value is -0.923. The van der Waals surface area contributed by atoms with Crippen LogP contribution in [0.15, 0.2) is 37.0 Å². The minimum Gasteiger partial charge on any atom is -0.413 e. The molecule has 310 valence electrons. The van der Waals surface area contributed by atoms with Crippen molar-refractivity contribution in [1.82, 2.24) is 0 Å². The molecule has 0 amide bonds. The molecule has 1 spiro atoms. The maximum atomic E-state index is 7.64. The molecule has 2 unspecified atom stereocenters. The molecule has 9 nitrogen and oxygen atoms in total. The molecule has 1 saturated carbocycles. The zero-order chi connectivity index (χ0) is 38.9. The van der Waals surface area contributed by atoms with Gasteiger partial charge in [0.25, 0.3) is 0 Å². The van der Waals surface area contributed by atoms with Crippen LogP contribution in [0, 0.1) is 11.8 Å². The fraction of sp³-hybridized carbons (Fsp3) is 0.864. The van der Waals surface area contributed by atoms with E-state index in [1.54, 1.807) is 7.11 Å². The van der Waals surface area contributed by atoms with Crippen LogP contribution < -0.4 is 0 Å². The Kier molecular flexibility index (Phi) is 16.9. The van der Waals surface area contributed by atoms with Gasteiger partial charge < -0.3 is 42.3 Å². The highest BCUT2D eigenvalue weighted by molar-refractivity contribution is 6.77. The lowest BCUT2D eigenvalue weighted by Crippen LogP contribution is -2.56. The third kappa shape index (κ3) is 10.6. The molecule has 5 rings (SSSR count). The van der Waals surface area contributed by atoms with Crippen LogP contribution in [-0.2, 0) is 42.3 Å². The summed E-state index contributed by atoms with van der Waals surface area (Å²) < 4.78 is 58.2. The van der Waals surface area contributed by atoms with Gasteiger partial charge in [0.05, 0.1) is 56.4 Å². The molecule has 0 aromatic rings. The summed E-state index contributed by atoms with van der Waals surface area (Å²) in [6.07, 6.45) is 20.4. The number of hydrogen-bond acceptors (Lipinski definition) is 9. The van der Waals surface area contributed by atoms with E-state index in [0.29, 0.717) is 36.4 Å². The summed E-state index contributed by atoms with van der Waals surface area (Å²) in [6.45, 7) is 24.5. The van der Waals surface area contributed by atoms with Gasteiger partial charge in [-0.15, -0.1) is 6.58 Å². The molecule has 11 atom stereocenters. The predicted octanol–water partition coefficient (Wildman–Crippen LogP) is 9.45. The molecule has 5 aliphatic rings. The Morgan fingerprint density at radius 1 is 0.741 bits per heavy atom. The van der Waals surface area contributed by atoms with Crippen LogP contribution in [0.5, 0.6) is 0 Å². The summed E-state index contributed by atoms with van der Waals surface area (Å²) in [7, 11) is -0.505. The maximum Gasteiger partial charge on any atom is 0.200 e. The minimum atomic E-state index is -2.17. The maximum absolute atomic E-state index is 7.64. The summed E-state index contributed by atoms with van der Waals surface area (Å²) in [5.41, 5.74) is 1.50. The van der Waals surface area contributed by atoms with Gasteiger partial charge in [-0.3, -0.25) is 0 Å². The first kappa shape index (κ1) is 44.2. The Morgan fingerprint density at radius 3 is 2.13 bits per heavy atom. The third-order valence-electron chi connectivity index (χ3n) is 13.2. The van der Waals surface area contributed by atoms with Crippen LogP contribution in [0.2, 0.25) is 16.6 Å². The Bertz CT molecular complexity index is 1160. The van der Waals surface area contributed by atoms with Crippen molar-refractivity contribution >= 4 is 8.32 Å². The largest absolute Gasteiger partial charge is 0.413 e. The van der Waals surface area contributed by atoms with E-state index in [1.807, 2.05) is 6.08 Å². The first-order valence-corrected chi connectivity index (χ1v) is 23.7. The van der Waals surface area contributed by atoms with Crippen LogP contribution in [0.4, 0.5) is 0 Å². The van der Waals surface area contributed by atoms with Gasteiger partial charge in [0.1, 0.15) is 25.1 Å². The molecule has 1 aliphatic carbocycles. The normalized spacial score (nSPS) is 35.8. The Balaban J connectivity index is 1.32. The predicted molar refractivity (Wildman–Crippen MR) is 216 cm³/mol. The molecular formula is C44H76O9Si. The second-order valence-corrected chi connectivity index (χ2v) is 23.1. The Morgan fingerprint density at radius 2 is 1.44 bits per heavy atom. The highest BCUT2D eigenvalue weighted by atomic mass is 28.4. The summed E-state index contributed by atoms with van der Waals surface area (Å²) in [6, 6.07) is 0. The van der Waals surface area contributed by atoms with Crippen molar-refractivity contribution in [3.63, 3.8) is 0 Å². The van der Waals surface area contributed by atoms with Crippen molar-refractivity contribution in [2.24, 2.45) is 11.8 Å². The topological polar surface area (TPSA) is 83.1 Å². The number of rotatable bonds is 20. The number of fused-ring (bicyclic) bond motifs is 2. The molecular weight excluding hydrogens is 701 g/mol. The van der Waals surface area contributed by atoms with Gasteiger partial charge in [-0.25, -0.2) is 0 Å². The van der Waals surface area contributed by atoms with E-state index in [2.05, 4.69) is 86.3 Å². The molecule has 4 heterocycles. The van der Waals surface area contributed by atoms with Crippen molar-refractivity contribution in [3.05, 3.63) is 37.0 Å². The number of ether oxygens (including phenoxy) is 8. The van der Waals surface area contributed by atoms with E-state index >= 15 is 0 Å². The van der Waals surface area contributed by atoms with Gasteiger partial charge >= 0.3 is 0 Å².